The van der Waals surface area contributed by atoms with E-state index in [1.807, 2.05) is 48.5 Å². The van der Waals surface area contributed by atoms with Crippen molar-refractivity contribution >= 4 is 35.1 Å². The van der Waals surface area contributed by atoms with Gasteiger partial charge in [-0.15, -0.1) is 5.10 Å². The van der Waals surface area contributed by atoms with Crippen LogP contribution >= 0.6 is 0 Å². The van der Waals surface area contributed by atoms with Gasteiger partial charge in [-0.3, -0.25) is 18.8 Å². The summed E-state index contributed by atoms with van der Waals surface area (Å²) in [5.74, 6) is -0.722. The number of halogens is 1. The molecule has 3 amide bonds. The van der Waals surface area contributed by atoms with Crippen molar-refractivity contribution in [1.82, 2.24) is 25.6 Å². The third-order valence-electron chi connectivity index (χ3n) is 7.84. The zero-order chi connectivity index (χ0) is 33.3. The van der Waals surface area contributed by atoms with E-state index in [0.717, 1.165) is 27.9 Å². The van der Waals surface area contributed by atoms with Crippen LogP contribution in [-0.4, -0.2) is 58.9 Å². The zero-order valence-electron chi connectivity index (χ0n) is 26.2. The van der Waals surface area contributed by atoms with Crippen molar-refractivity contribution in [2.24, 2.45) is 16.5 Å². The molecule has 0 bridgehead atoms. The highest BCUT2D eigenvalue weighted by molar-refractivity contribution is 6.00. The van der Waals surface area contributed by atoms with Gasteiger partial charge >= 0.3 is 0 Å². The molecule has 12 nitrogen and oxygen atoms in total. The standard InChI is InChI=1S/C34H38FN9O3/c1-38-33(47)24-17-22(18-25(19-24)40-34(36)37)20-44-32-26-10-5-4-9-23(26)21-43(28-12-7-6-11-27(28)31(32)41-42-44)30(46)14-16-39-29(45)13-3-2-8-15-35/h4-7,9-12,17-19H,2-3,8,13-16,20-21H2,1H3,(H,38,47)(H,39,45)(H4,36,37,40)/i35-1. The molecule has 0 spiro atoms. The third kappa shape index (κ3) is 7.80. The van der Waals surface area contributed by atoms with Crippen molar-refractivity contribution in [2.45, 2.75) is 45.2 Å². The minimum Gasteiger partial charge on any atom is -0.370 e. The normalized spacial score (nSPS) is 11.7. The van der Waals surface area contributed by atoms with Crippen molar-refractivity contribution in [2.75, 3.05) is 25.2 Å². The van der Waals surface area contributed by atoms with Gasteiger partial charge in [0.2, 0.25) is 11.8 Å². The maximum atomic E-state index is 13.7. The molecular weight excluding hydrogens is 600 g/mol. The number of guanidine groups is 1. The molecule has 0 aliphatic carbocycles. The highest BCUT2D eigenvalue weighted by Crippen LogP contribution is 2.41. The van der Waals surface area contributed by atoms with Crippen LogP contribution in [0.5, 0.6) is 0 Å². The minimum absolute atomic E-state index is 0.103. The Morgan fingerprint density at radius 3 is 2.49 bits per heavy atom. The summed E-state index contributed by atoms with van der Waals surface area (Å²) in [7, 11) is 1.55. The molecule has 0 unspecified atom stereocenters. The van der Waals surface area contributed by atoms with Crippen LogP contribution in [0.2, 0.25) is 0 Å². The number of nitrogens with zero attached hydrogens (tertiary/aromatic N) is 5. The molecule has 1 aromatic heterocycles. The number of hydrogen-bond donors (Lipinski definition) is 4. The second-order valence-electron chi connectivity index (χ2n) is 11.2. The SMILES string of the molecule is CNC(=O)c1cc(Cn2nnc3c2-c2ccccc2CN(C(=O)CCNC(=O)CCCCC[18F])c2ccccc2-3)cc(N=C(N)N)c1. The molecule has 0 saturated carbocycles. The van der Waals surface area contributed by atoms with E-state index in [1.54, 1.807) is 34.8 Å². The van der Waals surface area contributed by atoms with Gasteiger partial charge in [0, 0.05) is 43.1 Å². The molecule has 13 heteroatoms. The van der Waals surface area contributed by atoms with Gasteiger partial charge in [0.1, 0.15) is 5.69 Å². The number of carbonyl (C=O) groups excluding carboxylic acids is 3. The fraction of sp³-hybridized carbons (Fsp3) is 0.294. The summed E-state index contributed by atoms with van der Waals surface area (Å²) < 4.78 is 14.1. The first-order chi connectivity index (χ1) is 22.8. The molecule has 1 aliphatic rings. The van der Waals surface area contributed by atoms with Gasteiger partial charge in [-0.1, -0.05) is 54.1 Å². The van der Waals surface area contributed by atoms with Crippen LogP contribution in [0.3, 0.4) is 0 Å². The molecule has 1 aliphatic heterocycles. The number of alkyl halides is 1. The number of aliphatic imine (C=N–C) groups is 1. The predicted molar refractivity (Wildman–Crippen MR) is 179 cm³/mol. The first kappa shape index (κ1) is 32.8. The highest BCUT2D eigenvalue weighted by Gasteiger charge is 2.29. The van der Waals surface area contributed by atoms with Crippen LogP contribution in [0.15, 0.2) is 71.7 Å². The lowest BCUT2D eigenvalue weighted by atomic mass is 9.95. The maximum absolute atomic E-state index is 13.7. The molecular formula is C34H38FN9O3. The number of unbranched alkanes of at least 4 members (excludes halogenated alkanes) is 2. The number of carbonyl (C=O) groups is 3. The van der Waals surface area contributed by atoms with E-state index < -0.39 is 0 Å². The summed E-state index contributed by atoms with van der Waals surface area (Å²) in [5, 5.41) is 14.6. The lowest BCUT2D eigenvalue weighted by Crippen LogP contribution is -2.35. The number of fused-ring (bicyclic) bond motifs is 5. The van der Waals surface area contributed by atoms with Gasteiger partial charge in [-0.05, 0) is 48.2 Å². The van der Waals surface area contributed by atoms with Crippen molar-refractivity contribution in [3.05, 3.63) is 83.4 Å². The second-order valence-corrected chi connectivity index (χ2v) is 11.2. The van der Waals surface area contributed by atoms with E-state index in [0.29, 0.717) is 48.3 Å². The van der Waals surface area contributed by atoms with Crippen LogP contribution in [-0.2, 0) is 22.7 Å². The van der Waals surface area contributed by atoms with E-state index in [1.165, 1.54) is 0 Å². The van der Waals surface area contributed by atoms with Crippen LogP contribution < -0.4 is 27.0 Å². The van der Waals surface area contributed by atoms with Crippen molar-refractivity contribution in [3.8, 4) is 22.5 Å². The number of aromatic nitrogens is 3. The number of hydrogen-bond acceptors (Lipinski definition) is 6. The van der Waals surface area contributed by atoms with Crippen molar-refractivity contribution < 1.29 is 18.8 Å². The summed E-state index contributed by atoms with van der Waals surface area (Å²) in [6.07, 6.45) is 2.12. The van der Waals surface area contributed by atoms with E-state index in [2.05, 4.69) is 25.9 Å². The van der Waals surface area contributed by atoms with Crippen LogP contribution in [0, 0.1) is 0 Å². The average Bonchev–Trinajstić information content (AvgIpc) is 3.46. The molecule has 47 heavy (non-hydrogen) atoms. The summed E-state index contributed by atoms with van der Waals surface area (Å²) in [5.41, 5.74) is 17.3. The number of amides is 3. The lowest BCUT2D eigenvalue weighted by molar-refractivity contribution is -0.121. The van der Waals surface area contributed by atoms with E-state index in [4.69, 9.17) is 11.5 Å². The van der Waals surface area contributed by atoms with E-state index in [9.17, 15) is 18.8 Å². The summed E-state index contributed by atoms with van der Waals surface area (Å²) in [6.45, 7) is 0.351. The first-order valence-corrected chi connectivity index (χ1v) is 15.5. The number of nitrogens with two attached hydrogens (primary N) is 2. The Labute approximate surface area is 272 Å². The van der Waals surface area contributed by atoms with E-state index in [-0.39, 0.29) is 56.4 Å². The van der Waals surface area contributed by atoms with Crippen LogP contribution in [0.4, 0.5) is 15.8 Å². The Hall–Kier alpha value is -5.59. The van der Waals surface area contributed by atoms with Crippen molar-refractivity contribution in [3.63, 3.8) is 0 Å². The largest absolute Gasteiger partial charge is 0.370 e. The topological polar surface area (TPSA) is 174 Å². The molecule has 3 aromatic carbocycles. The first-order valence-electron chi connectivity index (χ1n) is 15.5. The fourth-order valence-electron chi connectivity index (χ4n) is 5.66. The number of para-hydroxylation sites is 1. The monoisotopic (exact) mass is 638 g/mol. The quantitative estimate of drug-likeness (QED) is 0.104. The zero-order valence-corrected chi connectivity index (χ0v) is 26.2. The van der Waals surface area contributed by atoms with Crippen molar-refractivity contribution in [1.29, 1.82) is 0 Å². The summed E-state index contributed by atoms with van der Waals surface area (Å²) in [4.78, 5) is 44.4. The molecule has 4 aromatic rings. The predicted octanol–water partition coefficient (Wildman–Crippen LogP) is 3.81. The van der Waals surface area contributed by atoms with Gasteiger partial charge in [0.05, 0.1) is 36.8 Å². The second kappa shape index (κ2) is 15.1. The lowest BCUT2D eigenvalue weighted by Gasteiger charge is -2.28. The number of rotatable bonds is 12. The average molecular weight is 639 g/mol. The highest BCUT2D eigenvalue weighted by atomic mass is 18.2. The Morgan fingerprint density at radius 1 is 0.957 bits per heavy atom. The molecule has 0 atom stereocenters. The Kier molecular flexibility index (Phi) is 10.6. The van der Waals surface area contributed by atoms with Gasteiger partial charge in [-0.2, -0.15) is 0 Å². The molecule has 5 rings (SSSR count). The smallest absolute Gasteiger partial charge is 0.251 e. The van der Waals surface area contributed by atoms with E-state index >= 15 is 0 Å². The molecule has 6 N–H and O–H groups in total. The van der Waals surface area contributed by atoms with Gasteiger partial charge in [-0.25, -0.2) is 9.67 Å². The minimum atomic E-state index is -0.386. The van der Waals surface area contributed by atoms with Crippen LogP contribution in [0.25, 0.3) is 22.5 Å². The summed E-state index contributed by atoms with van der Waals surface area (Å²) in [6, 6.07) is 20.5. The van der Waals surface area contributed by atoms with Gasteiger partial charge in [0.25, 0.3) is 5.91 Å². The number of benzene rings is 3. The molecule has 0 fully saturated rings. The Bertz CT molecular complexity index is 1800. The Morgan fingerprint density at radius 2 is 1.72 bits per heavy atom. The number of anilines is 1. The van der Waals surface area contributed by atoms with Crippen LogP contribution in [0.1, 0.15) is 53.6 Å². The van der Waals surface area contributed by atoms with Gasteiger partial charge < -0.3 is 27.0 Å². The molecule has 244 valence electrons. The molecule has 2 heterocycles. The molecule has 0 saturated heterocycles. The third-order valence-corrected chi connectivity index (χ3v) is 7.84. The summed E-state index contributed by atoms with van der Waals surface area (Å²) >= 11 is 0. The fourth-order valence-corrected chi connectivity index (χ4v) is 5.66. The Balaban J connectivity index is 1.48. The maximum Gasteiger partial charge on any atom is 0.251 e. The number of nitrogens with one attached hydrogen (secondary N) is 2. The molecule has 0 radical (unpaired) electrons. The van der Waals surface area contributed by atoms with Gasteiger partial charge in [0.15, 0.2) is 5.96 Å².